The van der Waals surface area contributed by atoms with Crippen molar-refractivity contribution in [2.24, 2.45) is 5.73 Å². The number of anilines is 2. The summed E-state index contributed by atoms with van der Waals surface area (Å²) >= 11 is 5.82. The van der Waals surface area contributed by atoms with Crippen molar-refractivity contribution in [2.75, 3.05) is 5.32 Å². The zero-order chi connectivity index (χ0) is 17.1. The van der Waals surface area contributed by atoms with E-state index >= 15 is 0 Å². The Morgan fingerprint density at radius 2 is 1.70 bits per heavy atom. The first-order valence-corrected chi connectivity index (χ1v) is 7.77. The molecular weight excluding hydrogens is 314 g/mol. The summed E-state index contributed by atoms with van der Waals surface area (Å²) in [7, 11) is 0. The Bertz CT molecular complexity index is 704. The van der Waals surface area contributed by atoms with Crippen molar-refractivity contribution < 1.29 is 4.79 Å². The summed E-state index contributed by atoms with van der Waals surface area (Å²) in [6, 6.07) is 3.86. The first-order valence-electron chi connectivity index (χ1n) is 7.39. The lowest BCUT2D eigenvalue weighted by Gasteiger charge is -2.15. The van der Waals surface area contributed by atoms with E-state index in [1.165, 1.54) is 6.20 Å². The maximum Gasteiger partial charge on any atom is 0.254 e. The van der Waals surface area contributed by atoms with E-state index in [1.807, 2.05) is 12.1 Å². The summed E-state index contributed by atoms with van der Waals surface area (Å²) in [5, 5.41) is 3.15. The van der Waals surface area contributed by atoms with Gasteiger partial charge >= 0.3 is 0 Å². The molecule has 0 aromatic carbocycles. The first kappa shape index (κ1) is 17.1. The molecule has 3 N–H and O–H groups in total. The van der Waals surface area contributed by atoms with E-state index in [0.29, 0.717) is 0 Å². The van der Waals surface area contributed by atoms with Crippen molar-refractivity contribution in [3.05, 3.63) is 40.6 Å². The van der Waals surface area contributed by atoms with Gasteiger partial charge in [-0.2, -0.15) is 4.98 Å². The molecule has 0 unspecified atom stereocenters. The number of carbonyl (C=O) groups is 1. The van der Waals surface area contributed by atoms with Gasteiger partial charge in [-0.3, -0.25) is 9.78 Å². The molecule has 0 fully saturated rings. The molecule has 23 heavy (non-hydrogen) atoms. The molecular formula is C16H20ClN5O. The summed E-state index contributed by atoms with van der Waals surface area (Å²) in [5.74, 6) is 0.220. The van der Waals surface area contributed by atoms with Gasteiger partial charge in [-0.15, -0.1) is 0 Å². The summed E-state index contributed by atoms with van der Waals surface area (Å²) in [6.07, 6.45) is 1.31. The lowest BCUT2D eigenvalue weighted by Crippen LogP contribution is -2.15. The Morgan fingerprint density at radius 1 is 1.13 bits per heavy atom. The van der Waals surface area contributed by atoms with Crippen molar-refractivity contribution in [2.45, 2.75) is 39.5 Å². The lowest BCUT2D eigenvalue weighted by molar-refractivity contribution is 0.100. The van der Waals surface area contributed by atoms with Gasteiger partial charge in [0.2, 0.25) is 5.28 Å². The van der Waals surface area contributed by atoms with Crippen molar-refractivity contribution >= 4 is 29.0 Å². The minimum atomic E-state index is -0.619. The Morgan fingerprint density at radius 3 is 2.17 bits per heavy atom. The third-order valence-electron chi connectivity index (χ3n) is 3.34. The monoisotopic (exact) mass is 333 g/mol. The number of nitrogens with two attached hydrogens (primary N) is 1. The Labute approximate surface area is 140 Å². The van der Waals surface area contributed by atoms with Crippen molar-refractivity contribution in [3.8, 4) is 0 Å². The number of nitrogens with zero attached hydrogens (tertiary/aromatic N) is 3. The molecule has 6 nitrogen and oxygen atoms in total. The largest absolute Gasteiger partial charge is 0.365 e. The molecule has 122 valence electrons. The first-order chi connectivity index (χ1) is 10.8. The topological polar surface area (TPSA) is 93.8 Å². The highest BCUT2D eigenvalue weighted by Gasteiger charge is 2.14. The number of rotatable bonds is 5. The predicted octanol–water partition coefficient (Wildman–Crippen LogP) is 3.61. The maximum absolute atomic E-state index is 11.5. The number of aromatic nitrogens is 3. The van der Waals surface area contributed by atoms with Gasteiger partial charge in [0, 0.05) is 23.3 Å². The van der Waals surface area contributed by atoms with Crippen LogP contribution in [0.1, 0.15) is 61.3 Å². The SMILES string of the molecule is CC(C)c1cc(Nc2nc(Cl)ncc2C(N)=O)cc(C(C)C)n1. The molecule has 0 bridgehead atoms. The van der Waals surface area contributed by atoms with Crippen LogP contribution in [0.3, 0.4) is 0 Å². The van der Waals surface area contributed by atoms with Gasteiger partial charge in [-0.1, -0.05) is 27.7 Å². The quantitative estimate of drug-likeness (QED) is 0.815. The summed E-state index contributed by atoms with van der Waals surface area (Å²) < 4.78 is 0. The summed E-state index contributed by atoms with van der Waals surface area (Å²) in [4.78, 5) is 24.0. The van der Waals surface area contributed by atoms with Crippen LogP contribution in [0, 0.1) is 0 Å². The average Bonchev–Trinajstić information content (AvgIpc) is 2.46. The fourth-order valence-corrected chi connectivity index (χ4v) is 2.14. The Kier molecular flexibility index (Phi) is 5.15. The number of hydrogen-bond donors (Lipinski definition) is 2. The van der Waals surface area contributed by atoms with Gasteiger partial charge in [0.1, 0.15) is 11.4 Å². The van der Waals surface area contributed by atoms with Gasteiger partial charge in [-0.25, -0.2) is 4.98 Å². The highest BCUT2D eigenvalue weighted by molar-refractivity contribution is 6.28. The van der Waals surface area contributed by atoms with Gasteiger partial charge in [0.15, 0.2) is 0 Å². The molecule has 2 aromatic heterocycles. The lowest BCUT2D eigenvalue weighted by atomic mass is 10.0. The number of amides is 1. The van der Waals surface area contributed by atoms with Crippen molar-refractivity contribution in [3.63, 3.8) is 0 Å². The van der Waals surface area contributed by atoms with Gasteiger partial charge in [0.25, 0.3) is 5.91 Å². The minimum Gasteiger partial charge on any atom is -0.365 e. The van der Waals surface area contributed by atoms with Crippen LogP contribution in [-0.2, 0) is 0 Å². The molecule has 2 rings (SSSR count). The summed E-state index contributed by atoms with van der Waals surface area (Å²) in [5.41, 5.74) is 8.24. The second kappa shape index (κ2) is 6.91. The second-order valence-electron chi connectivity index (χ2n) is 5.91. The fraction of sp³-hybridized carbons (Fsp3) is 0.375. The molecule has 7 heteroatoms. The number of primary amides is 1. The van der Waals surface area contributed by atoms with Crippen molar-refractivity contribution in [1.82, 2.24) is 15.0 Å². The predicted molar refractivity (Wildman–Crippen MR) is 91.3 cm³/mol. The zero-order valence-electron chi connectivity index (χ0n) is 13.6. The third-order valence-corrected chi connectivity index (χ3v) is 3.52. The molecule has 0 atom stereocenters. The van der Waals surface area contributed by atoms with Crippen LogP contribution in [0.4, 0.5) is 11.5 Å². The van der Waals surface area contributed by atoms with Crippen LogP contribution in [-0.4, -0.2) is 20.9 Å². The second-order valence-corrected chi connectivity index (χ2v) is 6.24. The van der Waals surface area contributed by atoms with E-state index in [9.17, 15) is 4.79 Å². The van der Waals surface area contributed by atoms with E-state index in [0.717, 1.165) is 17.1 Å². The number of nitrogens with one attached hydrogen (secondary N) is 1. The van der Waals surface area contributed by atoms with E-state index in [2.05, 4.69) is 48.0 Å². The highest BCUT2D eigenvalue weighted by Crippen LogP contribution is 2.26. The Hall–Kier alpha value is -2.21. The third kappa shape index (κ3) is 4.16. The molecule has 0 saturated carbocycles. The van der Waals surface area contributed by atoms with E-state index in [4.69, 9.17) is 17.3 Å². The van der Waals surface area contributed by atoms with Crippen LogP contribution < -0.4 is 11.1 Å². The van der Waals surface area contributed by atoms with E-state index < -0.39 is 5.91 Å². The fourth-order valence-electron chi connectivity index (χ4n) is 2.01. The highest BCUT2D eigenvalue weighted by atomic mass is 35.5. The number of hydrogen-bond acceptors (Lipinski definition) is 5. The van der Waals surface area contributed by atoms with Crippen LogP contribution >= 0.6 is 11.6 Å². The average molecular weight is 334 g/mol. The molecule has 2 heterocycles. The van der Waals surface area contributed by atoms with Gasteiger partial charge in [-0.05, 0) is 35.6 Å². The van der Waals surface area contributed by atoms with Crippen LogP contribution in [0.25, 0.3) is 0 Å². The molecule has 0 aliphatic carbocycles. The van der Waals surface area contributed by atoms with E-state index in [-0.39, 0.29) is 28.5 Å². The number of carbonyl (C=O) groups excluding carboxylic acids is 1. The zero-order valence-corrected chi connectivity index (χ0v) is 14.3. The number of pyridine rings is 1. The van der Waals surface area contributed by atoms with Crippen LogP contribution in [0.5, 0.6) is 0 Å². The Balaban J connectivity index is 2.47. The minimum absolute atomic E-state index is 0.0414. The molecule has 0 aliphatic heterocycles. The van der Waals surface area contributed by atoms with Gasteiger partial charge < -0.3 is 11.1 Å². The molecule has 1 amide bonds. The van der Waals surface area contributed by atoms with Crippen LogP contribution in [0.2, 0.25) is 5.28 Å². The van der Waals surface area contributed by atoms with Gasteiger partial charge in [0.05, 0.1) is 0 Å². The van der Waals surface area contributed by atoms with Crippen molar-refractivity contribution in [1.29, 1.82) is 0 Å². The maximum atomic E-state index is 11.5. The smallest absolute Gasteiger partial charge is 0.254 e. The molecule has 0 aliphatic rings. The van der Waals surface area contributed by atoms with E-state index in [1.54, 1.807) is 0 Å². The summed E-state index contributed by atoms with van der Waals surface area (Å²) in [6.45, 7) is 8.30. The molecule has 0 spiro atoms. The molecule has 2 aromatic rings. The molecule has 0 radical (unpaired) electrons. The molecule has 0 saturated heterocycles. The number of halogens is 1. The van der Waals surface area contributed by atoms with Crippen LogP contribution in [0.15, 0.2) is 18.3 Å². The normalized spacial score (nSPS) is 11.1. The standard InChI is InChI=1S/C16H20ClN5O/c1-8(2)12-5-10(6-13(21-12)9(3)4)20-15-11(14(18)23)7-19-16(17)22-15/h5-9H,1-4H3,(H2,18,23)(H,19,20,21,22).